The van der Waals surface area contributed by atoms with Crippen molar-refractivity contribution in [3.63, 3.8) is 0 Å². The van der Waals surface area contributed by atoms with Crippen LogP contribution in [-0.4, -0.2) is 34.2 Å². The van der Waals surface area contributed by atoms with Crippen molar-refractivity contribution in [2.75, 3.05) is 13.1 Å². The number of halogens is 1. The zero-order valence-electron chi connectivity index (χ0n) is 16.8. The highest BCUT2D eigenvalue weighted by Gasteiger charge is 2.27. The maximum Gasteiger partial charge on any atom is 0.231 e. The number of para-hydroxylation sites is 1. The molecule has 1 fully saturated rings. The van der Waals surface area contributed by atoms with Crippen LogP contribution in [0.25, 0.3) is 11.4 Å². The first-order chi connectivity index (χ1) is 14.1. The van der Waals surface area contributed by atoms with E-state index >= 15 is 0 Å². The fraction of sp³-hybridized carbons (Fsp3) is 0.391. The molecule has 0 N–H and O–H groups in total. The number of ether oxygens (including phenoxy) is 1. The van der Waals surface area contributed by atoms with Crippen LogP contribution in [0.4, 0.5) is 4.39 Å². The number of benzene rings is 2. The zero-order valence-corrected chi connectivity index (χ0v) is 16.8. The second-order valence-electron chi connectivity index (χ2n) is 7.82. The Morgan fingerprint density at radius 3 is 2.90 bits per heavy atom. The van der Waals surface area contributed by atoms with Crippen molar-refractivity contribution in [1.82, 2.24) is 15.0 Å². The number of hydrogen-bond acceptors (Lipinski definition) is 5. The standard InChI is InChI=1S/C23H26FN3O2/c1-16(2)28-21-11-4-3-7-18(21)14-27-12-6-9-19(15-27)23-25-22(26-29-23)17-8-5-10-20(24)13-17/h3-5,7-8,10-11,13,16,19H,6,9,12,14-15H2,1-2H3. The minimum atomic E-state index is -0.306. The van der Waals surface area contributed by atoms with E-state index in [-0.39, 0.29) is 17.8 Å². The molecule has 1 aliphatic heterocycles. The Morgan fingerprint density at radius 2 is 2.07 bits per heavy atom. The molecule has 4 rings (SSSR count). The molecule has 1 aromatic heterocycles. The molecular formula is C23H26FN3O2. The smallest absolute Gasteiger partial charge is 0.231 e. The van der Waals surface area contributed by atoms with Gasteiger partial charge in [-0.15, -0.1) is 0 Å². The molecule has 1 saturated heterocycles. The molecule has 1 unspecified atom stereocenters. The summed E-state index contributed by atoms with van der Waals surface area (Å²) in [5.74, 6) is 1.88. The van der Waals surface area contributed by atoms with Crippen molar-refractivity contribution in [3.05, 3.63) is 65.8 Å². The molecule has 0 radical (unpaired) electrons. The van der Waals surface area contributed by atoms with Gasteiger partial charge in [-0.3, -0.25) is 4.90 Å². The van der Waals surface area contributed by atoms with Gasteiger partial charge in [0.2, 0.25) is 11.7 Å². The fourth-order valence-corrected chi connectivity index (χ4v) is 3.79. The number of rotatable bonds is 6. The first kappa shape index (κ1) is 19.6. The van der Waals surface area contributed by atoms with E-state index in [0.29, 0.717) is 17.3 Å². The summed E-state index contributed by atoms with van der Waals surface area (Å²) in [6, 6.07) is 14.5. The molecule has 3 aromatic rings. The molecule has 152 valence electrons. The normalized spacial score (nSPS) is 17.6. The summed E-state index contributed by atoms with van der Waals surface area (Å²) in [5, 5.41) is 4.07. The van der Waals surface area contributed by atoms with Gasteiger partial charge in [0.1, 0.15) is 11.6 Å². The fourth-order valence-electron chi connectivity index (χ4n) is 3.79. The minimum Gasteiger partial charge on any atom is -0.491 e. The van der Waals surface area contributed by atoms with Gasteiger partial charge in [0.15, 0.2) is 0 Å². The predicted molar refractivity (Wildman–Crippen MR) is 109 cm³/mol. The Hall–Kier alpha value is -2.73. The molecule has 1 atom stereocenters. The van der Waals surface area contributed by atoms with Crippen molar-refractivity contribution < 1.29 is 13.7 Å². The maximum absolute atomic E-state index is 13.5. The van der Waals surface area contributed by atoms with E-state index in [2.05, 4.69) is 21.1 Å². The summed E-state index contributed by atoms with van der Waals surface area (Å²) in [7, 11) is 0. The quantitative estimate of drug-likeness (QED) is 0.585. The van der Waals surface area contributed by atoms with E-state index in [4.69, 9.17) is 9.26 Å². The predicted octanol–water partition coefficient (Wildman–Crippen LogP) is 5.04. The summed E-state index contributed by atoms with van der Waals surface area (Å²) < 4.78 is 25.0. The van der Waals surface area contributed by atoms with Crippen LogP contribution in [0.5, 0.6) is 5.75 Å². The van der Waals surface area contributed by atoms with Gasteiger partial charge in [0, 0.05) is 24.2 Å². The Balaban J connectivity index is 1.46. The van der Waals surface area contributed by atoms with Crippen LogP contribution < -0.4 is 4.74 Å². The first-order valence-electron chi connectivity index (χ1n) is 10.1. The maximum atomic E-state index is 13.5. The topological polar surface area (TPSA) is 51.4 Å². The third-order valence-electron chi connectivity index (χ3n) is 5.11. The van der Waals surface area contributed by atoms with Crippen molar-refractivity contribution in [3.8, 4) is 17.1 Å². The molecule has 5 nitrogen and oxygen atoms in total. The molecular weight excluding hydrogens is 369 g/mol. The summed E-state index contributed by atoms with van der Waals surface area (Å²) >= 11 is 0. The third kappa shape index (κ3) is 4.82. The Bertz CT molecular complexity index is 957. The van der Waals surface area contributed by atoms with E-state index in [1.165, 1.54) is 17.7 Å². The summed E-state index contributed by atoms with van der Waals surface area (Å²) in [6.45, 7) is 6.78. The first-order valence-corrected chi connectivity index (χ1v) is 10.1. The third-order valence-corrected chi connectivity index (χ3v) is 5.11. The van der Waals surface area contributed by atoms with Gasteiger partial charge in [-0.25, -0.2) is 4.39 Å². The molecule has 6 heteroatoms. The van der Waals surface area contributed by atoms with Gasteiger partial charge in [-0.05, 0) is 51.4 Å². The van der Waals surface area contributed by atoms with Crippen molar-refractivity contribution in [2.24, 2.45) is 0 Å². The molecule has 1 aliphatic rings. The van der Waals surface area contributed by atoms with E-state index in [1.807, 2.05) is 32.0 Å². The lowest BCUT2D eigenvalue weighted by Gasteiger charge is -2.31. The van der Waals surface area contributed by atoms with Gasteiger partial charge in [-0.2, -0.15) is 4.98 Å². The number of hydrogen-bond donors (Lipinski definition) is 0. The highest BCUT2D eigenvalue weighted by atomic mass is 19.1. The highest BCUT2D eigenvalue weighted by Crippen LogP contribution is 2.30. The lowest BCUT2D eigenvalue weighted by Crippen LogP contribution is -2.34. The second kappa shape index (κ2) is 8.74. The number of aromatic nitrogens is 2. The van der Waals surface area contributed by atoms with E-state index in [9.17, 15) is 4.39 Å². The van der Waals surface area contributed by atoms with Crippen molar-refractivity contribution >= 4 is 0 Å². The second-order valence-corrected chi connectivity index (χ2v) is 7.82. The van der Waals surface area contributed by atoms with Gasteiger partial charge >= 0.3 is 0 Å². The monoisotopic (exact) mass is 395 g/mol. The average molecular weight is 395 g/mol. The van der Waals surface area contributed by atoms with Crippen LogP contribution in [0.1, 0.15) is 44.1 Å². The molecule has 0 aliphatic carbocycles. The van der Waals surface area contributed by atoms with Crippen molar-refractivity contribution in [2.45, 2.75) is 45.3 Å². The van der Waals surface area contributed by atoms with Gasteiger partial charge in [0.05, 0.1) is 12.0 Å². The summed E-state index contributed by atoms with van der Waals surface area (Å²) in [6.07, 6.45) is 2.21. The molecule has 0 bridgehead atoms. The summed E-state index contributed by atoms with van der Waals surface area (Å²) in [5.41, 5.74) is 1.82. The Morgan fingerprint density at radius 1 is 1.21 bits per heavy atom. The molecule has 0 spiro atoms. The molecule has 0 amide bonds. The Kier molecular flexibility index (Phi) is 5.90. The zero-order chi connectivity index (χ0) is 20.2. The molecule has 2 aromatic carbocycles. The number of nitrogens with zero attached hydrogens (tertiary/aromatic N) is 3. The van der Waals surface area contributed by atoms with E-state index < -0.39 is 0 Å². The van der Waals surface area contributed by atoms with Crippen LogP contribution in [0, 0.1) is 5.82 Å². The van der Waals surface area contributed by atoms with E-state index in [1.54, 1.807) is 12.1 Å². The number of likely N-dealkylation sites (tertiary alicyclic amines) is 1. The van der Waals surface area contributed by atoms with E-state index in [0.717, 1.165) is 38.2 Å². The largest absolute Gasteiger partial charge is 0.491 e. The minimum absolute atomic E-state index is 0.143. The van der Waals surface area contributed by atoms with Gasteiger partial charge in [-0.1, -0.05) is 35.5 Å². The van der Waals surface area contributed by atoms with Gasteiger partial charge < -0.3 is 9.26 Å². The van der Waals surface area contributed by atoms with Crippen LogP contribution in [0.15, 0.2) is 53.1 Å². The lowest BCUT2D eigenvalue weighted by molar-refractivity contribution is 0.175. The average Bonchev–Trinajstić information content (AvgIpc) is 3.20. The lowest BCUT2D eigenvalue weighted by atomic mass is 9.97. The van der Waals surface area contributed by atoms with Crippen LogP contribution in [-0.2, 0) is 6.54 Å². The van der Waals surface area contributed by atoms with Crippen molar-refractivity contribution in [1.29, 1.82) is 0 Å². The SMILES string of the molecule is CC(C)Oc1ccccc1CN1CCCC(c2nc(-c3cccc(F)c3)no2)C1. The highest BCUT2D eigenvalue weighted by molar-refractivity contribution is 5.53. The molecule has 0 saturated carbocycles. The van der Waals surface area contributed by atoms with Crippen LogP contribution in [0.2, 0.25) is 0 Å². The van der Waals surface area contributed by atoms with Crippen LogP contribution >= 0.6 is 0 Å². The summed E-state index contributed by atoms with van der Waals surface area (Å²) in [4.78, 5) is 6.95. The molecule has 2 heterocycles. The van der Waals surface area contributed by atoms with Crippen LogP contribution in [0.3, 0.4) is 0 Å². The Labute approximate surface area is 170 Å². The van der Waals surface area contributed by atoms with Gasteiger partial charge in [0.25, 0.3) is 0 Å². The number of piperidine rings is 1. The molecule has 29 heavy (non-hydrogen) atoms.